The van der Waals surface area contributed by atoms with Gasteiger partial charge < -0.3 is 10.2 Å². The lowest BCUT2D eigenvalue weighted by Gasteiger charge is -2.01. The fraction of sp³-hybridized carbons (Fsp3) is 0.143. The lowest BCUT2D eigenvalue weighted by molar-refractivity contribution is 0.471. The Balaban J connectivity index is 2.27. The second-order valence-electron chi connectivity index (χ2n) is 4.14. The van der Waals surface area contributed by atoms with Gasteiger partial charge in [0.05, 0.1) is 11.4 Å². The summed E-state index contributed by atoms with van der Waals surface area (Å²) in [4.78, 5) is 0. The summed E-state index contributed by atoms with van der Waals surface area (Å²) in [5, 5.41) is 26.9. The Labute approximate surface area is 105 Å². The van der Waals surface area contributed by atoms with Gasteiger partial charge in [-0.25, -0.2) is 0 Å². The van der Waals surface area contributed by atoms with Crippen LogP contribution in [0.15, 0.2) is 46.6 Å². The highest BCUT2D eigenvalue weighted by molar-refractivity contribution is 5.50. The summed E-state index contributed by atoms with van der Waals surface area (Å²) in [5.41, 5.74) is 3.00. The van der Waals surface area contributed by atoms with E-state index in [0.717, 1.165) is 11.1 Å². The van der Waals surface area contributed by atoms with Crippen LogP contribution >= 0.6 is 0 Å². The Hall–Kier alpha value is -2.36. The van der Waals surface area contributed by atoms with E-state index in [2.05, 4.69) is 10.2 Å². The second kappa shape index (κ2) is 4.87. The molecule has 0 aliphatic rings. The molecule has 0 fully saturated rings. The molecule has 2 aromatic rings. The number of azo groups is 1. The van der Waals surface area contributed by atoms with Gasteiger partial charge in [-0.15, -0.1) is 0 Å². The standard InChI is InChI=1S/C14H14N2O2/c1-9-8-12(17)4-5-13(9)16-15-11-3-6-14(18)10(2)7-11/h3-8,17-18H,1-2H3. The van der Waals surface area contributed by atoms with E-state index in [1.807, 2.05) is 6.92 Å². The van der Waals surface area contributed by atoms with E-state index in [-0.39, 0.29) is 11.5 Å². The first-order valence-electron chi connectivity index (χ1n) is 5.57. The minimum atomic E-state index is 0.215. The first-order chi connectivity index (χ1) is 8.56. The van der Waals surface area contributed by atoms with Crippen LogP contribution in [0.5, 0.6) is 11.5 Å². The molecule has 0 aliphatic heterocycles. The lowest BCUT2D eigenvalue weighted by atomic mass is 10.2. The Morgan fingerprint density at radius 2 is 1.61 bits per heavy atom. The van der Waals surface area contributed by atoms with Crippen LogP contribution in [0.1, 0.15) is 11.1 Å². The average Bonchev–Trinajstić information content (AvgIpc) is 2.32. The van der Waals surface area contributed by atoms with Crippen LogP contribution in [0.2, 0.25) is 0 Å². The summed E-state index contributed by atoms with van der Waals surface area (Å²) in [6.07, 6.45) is 0. The number of phenolic OH excluding ortho intramolecular Hbond substituents is 2. The lowest BCUT2D eigenvalue weighted by Crippen LogP contribution is -1.75. The monoisotopic (exact) mass is 242 g/mol. The minimum absolute atomic E-state index is 0.215. The van der Waals surface area contributed by atoms with Crippen molar-refractivity contribution in [3.05, 3.63) is 47.5 Å². The van der Waals surface area contributed by atoms with Crippen molar-refractivity contribution in [3.63, 3.8) is 0 Å². The molecule has 18 heavy (non-hydrogen) atoms. The quantitative estimate of drug-likeness (QED) is 0.777. The third-order valence-corrected chi connectivity index (χ3v) is 2.63. The molecular weight excluding hydrogens is 228 g/mol. The van der Waals surface area contributed by atoms with Crippen LogP contribution in [0.4, 0.5) is 11.4 Å². The van der Waals surface area contributed by atoms with Crippen LogP contribution in [0.3, 0.4) is 0 Å². The van der Waals surface area contributed by atoms with Crippen molar-refractivity contribution in [1.29, 1.82) is 0 Å². The van der Waals surface area contributed by atoms with Crippen LogP contribution in [-0.4, -0.2) is 10.2 Å². The Kier molecular flexibility index (Phi) is 3.28. The largest absolute Gasteiger partial charge is 0.508 e. The van der Waals surface area contributed by atoms with Gasteiger partial charge in [0.1, 0.15) is 11.5 Å². The molecule has 0 unspecified atom stereocenters. The van der Waals surface area contributed by atoms with E-state index < -0.39 is 0 Å². The Bertz CT molecular complexity index is 607. The van der Waals surface area contributed by atoms with E-state index in [1.54, 1.807) is 43.3 Å². The first kappa shape index (κ1) is 12.1. The van der Waals surface area contributed by atoms with Crippen molar-refractivity contribution in [2.45, 2.75) is 13.8 Å². The van der Waals surface area contributed by atoms with Crippen LogP contribution in [0, 0.1) is 13.8 Å². The van der Waals surface area contributed by atoms with Gasteiger partial charge in [0, 0.05) is 0 Å². The maximum Gasteiger partial charge on any atom is 0.118 e. The second-order valence-corrected chi connectivity index (χ2v) is 4.14. The summed E-state index contributed by atoms with van der Waals surface area (Å²) in [7, 11) is 0. The van der Waals surface area contributed by atoms with Gasteiger partial charge in [0.15, 0.2) is 0 Å². The predicted molar refractivity (Wildman–Crippen MR) is 69.9 cm³/mol. The SMILES string of the molecule is Cc1cc(N=Nc2ccc(O)cc2C)ccc1O. The van der Waals surface area contributed by atoms with Gasteiger partial charge in [-0.1, -0.05) is 0 Å². The van der Waals surface area contributed by atoms with Crippen molar-refractivity contribution in [3.8, 4) is 11.5 Å². The molecule has 0 aliphatic carbocycles. The molecule has 0 saturated carbocycles. The molecule has 0 amide bonds. The molecule has 0 radical (unpaired) electrons. The van der Waals surface area contributed by atoms with Gasteiger partial charge in [0.25, 0.3) is 0 Å². The van der Waals surface area contributed by atoms with Crippen molar-refractivity contribution < 1.29 is 10.2 Å². The molecular formula is C14H14N2O2. The topological polar surface area (TPSA) is 65.2 Å². The van der Waals surface area contributed by atoms with E-state index in [9.17, 15) is 10.2 Å². The van der Waals surface area contributed by atoms with Crippen molar-refractivity contribution in [2.24, 2.45) is 10.2 Å². The van der Waals surface area contributed by atoms with E-state index in [4.69, 9.17) is 0 Å². The fourth-order valence-corrected chi connectivity index (χ4v) is 1.57. The number of hydrogen-bond acceptors (Lipinski definition) is 4. The number of rotatable bonds is 2. The zero-order valence-electron chi connectivity index (χ0n) is 10.3. The van der Waals surface area contributed by atoms with Crippen LogP contribution in [-0.2, 0) is 0 Å². The van der Waals surface area contributed by atoms with E-state index in [1.165, 1.54) is 0 Å². The smallest absolute Gasteiger partial charge is 0.118 e. The zero-order chi connectivity index (χ0) is 13.1. The number of aromatic hydroxyl groups is 2. The molecule has 0 bridgehead atoms. The summed E-state index contributed by atoms with van der Waals surface area (Å²) < 4.78 is 0. The first-order valence-corrected chi connectivity index (χ1v) is 5.57. The third kappa shape index (κ3) is 2.66. The predicted octanol–water partition coefficient (Wildman–Crippen LogP) is 4.13. The number of nitrogens with zero attached hydrogens (tertiary/aromatic N) is 2. The molecule has 2 rings (SSSR count). The van der Waals surface area contributed by atoms with Crippen molar-refractivity contribution in [2.75, 3.05) is 0 Å². The van der Waals surface area contributed by atoms with Gasteiger partial charge in [-0.05, 0) is 61.4 Å². The highest BCUT2D eigenvalue weighted by atomic mass is 16.3. The van der Waals surface area contributed by atoms with Crippen molar-refractivity contribution in [1.82, 2.24) is 0 Å². The Morgan fingerprint density at radius 1 is 0.833 bits per heavy atom. The highest BCUT2D eigenvalue weighted by Crippen LogP contribution is 2.27. The maximum absolute atomic E-state index is 9.40. The van der Waals surface area contributed by atoms with Crippen molar-refractivity contribution >= 4 is 11.4 Å². The molecule has 92 valence electrons. The molecule has 2 aromatic carbocycles. The molecule has 2 N–H and O–H groups in total. The highest BCUT2D eigenvalue weighted by Gasteiger charge is 1.99. The normalized spacial score (nSPS) is 11.0. The summed E-state index contributed by atoms with van der Waals surface area (Å²) in [6.45, 7) is 3.66. The number of benzene rings is 2. The zero-order valence-corrected chi connectivity index (χ0v) is 10.3. The van der Waals surface area contributed by atoms with Crippen LogP contribution in [0.25, 0.3) is 0 Å². The molecule has 0 spiro atoms. The van der Waals surface area contributed by atoms with Gasteiger partial charge in [-0.2, -0.15) is 10.2 Å². The van der Waals surface area contributed by atoms with E-state index >= 15 is 0 Å². The average molecular weight is 242 g/mol. The molecule has 4 heteroatoms. The molecule has 0 aromatic heterocycles. The summed E-state index contributed by atoms with van der Waals surface area (Å²) in [5.74, 6) is 0.460. The maximum atomic E-state index is 9.40. The summed E-state index contributed by atoms with van der Waals surface area (Å²) in [6, 6.07) is 9.96. The van der Waals surface area contributed by atoms with Crippen LogP contribution < -0.4 is 0 Å². The third-order valence-electron chi connectivity index (χ3n) is 2.63. The number of phenols is 2. The fourth-order valence-electron chi connectivity index (χ4n) is 1.57. The van der Waals surface area contributed by atoms with Gasteiger partial charge in [0.2, 0.25) is 0 Å². The number of aryl methyl sites for hydroxylation is 2. The summed E-state index contributed by atoms with van der Waals surface area (Å²) >= 11 is 0. The number of hydrogen-bond donors (Lipinski definition) is 2. The minimum Gasteiger partial charge on any atom is -0.508 e. The van der Waals surface area contributed by atoms with Gasteiger partial charge in [-0.3, -0.25) is 0 Å². The molecule has 0 atom stereocenters. The molecule has 0 saturated heterocycles. The Morgan fingerprint density at radius 3 is 2.28 bits per heavy atom. The van der Waals surface area contributed by atoms with E-state index in [0.29, 0.717) is 11.4 Å². The van der Waals surface area contributed by atoms with Gasteiger partial charge >= 0.3 is 0 Å². The molecule has 4 nitrogen and oxygen atoms in total. The molecule has 0 heterocycles.